The van der Waals surface area contributed by atoms with Gasteiger partial charge < -0.3 is 14.8 Å². The minimum atomic E-state index is -0.623. The standard InChI is InChI=1S/C17H19N3O4/c1-10(2)12(21)7-18-14(22)8-20-9-19-15-11-5-3-4-6-13(11)24-16(15)17(20)23/h3-6,9-10,12,21H,7-8H2,1-2H3,(H,18,22). The Bertz CT molecular complexity index is 942. The van der Waals surface area contributed by atoms with Gasteiger partial charge in [0.05, 0.1) is 12.4 Å². The normalized spacial score (nSPS) is 12.8. The van der Waals surface area contributed by atoms with Crippen LogP contribution in [-0.2, 0) is 11.3 Å². The fourth-order valence-corrected chi connectivity index (χ4v) is 2.39. The van der Waals surface area contributed by atoms with Crippen LogP contribution in [-0.4, -0.2) is 33.2 Å². The minimum absolute atomic E-state index is 0.0431. The van der Waals surface area contributed by atoms with E-state index in [0.717, 1.165) is 5.39 Å². The highest BCUT2D eigenvalue weighted by molar-refractivity contribution is 6.01. The third-order valence-electron chi connectivity index (χ3n) is 3.94. The van der Waals surface area contributed by atoms with Crippen LogP contribution in [0, 0.1) is 5.92 Å². The average molecular weight is 329 g/mol. The maximum absolute atomic E-state index is 12.5. The first-order valence-electron chi connectivity index (χ1n) is 7.79. The van der Waals surface area contributed by atoms with E-state index in [2.05, 4.69) is 10.3 Å². The largest absolute Gasteiger partial charge is 0.448 e. The number of carbonyl (C=O) groups is 1. The molecule has 0 saturated heterocycles. The van der Waals surface area contributed by atoms with Crippen LogP contribution in [0.4, 0.5) is 0 Å². The van der Waals surface area contributed by atoms with Gasteiger partial charge in [0, 0.05) is 11.9 Å². The maximum atomic E-state index is 12.5. The molecule has 0 radical (unpaired) electrons. The van der Waals surface area contributed by atoms with Gasteiger partial charge in [-0.05, 0) is 18.1 Å². The van der Waals surface area contributed by atoms with Gasteiger partial charge >= 0.3 is 0 Å². The van der Waals surface area contributed by atoms with Crippen molar-refractivity contribution in [2.45, 2.75) is 26.5 Å². The van der Waals surface area contributed by atoms with Crippen LogP contribution in [0.1, 0.15) is 13.8 Å². The molecule has 2 aromatic heterocycles. The van der Waals surface area contributed by atoms with E-state index in [1.165, 1.54) is 10.9 Å². The Morgan fingerprint density at radius 2 is 2.12 bits per heavy atom. The summed E-state index contributed by atoms with van der Waals surface area (Å²) in [4.78, 5) is 28.7. The number of aliphatic hydroxyl groups excluding tert-OH is 1. The van der Waals surface area contributed by atoms with Crippen LogP contribution in [0.2, 0.25) is 0 Å². The maximum Gasteiger partial charge on any atom is 0.297 e. The van der Waals surface area contributed by atoms with Crippen molar-refractivity contribution in [3.05, 3.63) is 40.9 Å². The third kappa shape index (κ3) is 3.03. The monoisotopic (exact) mass is 329 g/mol. The zero-order chi connectivity index (χ0) is 17.3. The lowest BCUT2D eigenvalue weighted by molar-refractivity contribution is -0.122. The highest BCUT2D eigenvalue weighted by Crippen LogP contribution is 2.23. The number of aromatic nitrogens is 2. The SMILES string of the molecule is CC(C)C(O)CNC(=O)Cn1cnc2c(oc3ccccc32)c1=O. The van der Waals surface area contributed by atoms with E-state index >= 15 is 0 Å². The Morgan fingerprint density at radius 3 is 2.88 bits per heavy atom. The van der Waals surface area contributed by atoms with E-state index in [1.54, 1.807) is 6.07 Å². The van der Waals surface area contributed by atoms with Crippen molar-refractivity contribution in [1.82, 2.24) is 14.9 Å². The molecule has 0 aliphatic rings. The summed E-state index contributed by atoms with van der Waals surface area (Å²) in [6.07, 6.45) is 0.715. The summed E-state index contributed by atoms with van der Waals surface area (Å²) < 4.78 is 6.76. The van der Waals surface area contributed by atoms with Gasteiger partial charge in [-0.15, -0.1) is 0 Å². The molecule has 0 bridgehead atoms. The van der Waals surface area contributed by atoms with Gasteiger partial charge in [0.25, 0.3) is 5.56 Å². The van der Waals surface area contributed by atoms with Crippen molar-refractivity contribution in [3.8, 4) is 0 Å². The molecule has 24 heavy (non-hydrogen) atoms. The lowest BCUT2D eigenvalue weighted by Gasteiger charge is -2.15. The smallest absolute Gasteiger partial charge is 0.297 e. The number of nitrogens with zero attached hydrogens (tertiary/aromatic N) is 2. The van der Waals surface area contributed by atoms with E-state index in [-0.39, 0.29) is 30.5 Å². The summed E-state index contributed by atoms with van der Waals surface area (Å²) in [6, 6.07) is 7.26. The third-order valence-corrected chi connectivity index (χ3v) is 3.94. The summed E-state index contributed by atoms with van der Waals surface area (Å²) >= 11 is 0. The van der Waals surface area contributed by atoms with Gasteiger partial charge in [-0.1, -0.05) is 26.0 Å². The van der Waals surface area contributed by atoms with Crippen LogP contribution >= 0.6 is 0 Å². The second kappa shape index (κ2) is 6.45. The van der Waals surface area contributed by atoms with Gasteiger partial charge in [-0.3, -0.25) is 14.2 Å². The number of hydrogen-bond donors (Lipinski definition) is 2. The van der Waals surface area contributed by atoms with Crippen LogP contribution in [0.25, 0.3) is 22.1 Å². The Kier molecular flexibility index (Phi) is 4.35. The lowest BCUT2D eigenvalue weighted by Crippen LogP contribution is -2.38. The predicted molar refractivity (Wildman–Crippen MR) is 89.6 cm³/mol. The Balaban J connectivity index is 1.83. The Morgan fingerprint density at radius 1 is 1.38 bits per heavy atom. The van der Waals surface area contributed by atoms with Crippen LogP contribution < -0.4 is 10.9 Å². The molecular formula is C17H19N3O4. The Hall–Kier alpha value is -2.67. The molecule has 0 aliphatic carbocycles. The molecule has 0 aliphatic heterocycles. The quantitative estimate of drug-likeness (QED) is 0.735. The molecule has 1 aromatic carbocycles. The number of benzene rings is 1. The van der Waals surface area contributed by atoms with Crippen LogP contribution in [0.5, 0.6) is 0 Å². The summed E-state index contributed by atoms with van der Waals surface area (Å²) in [7, 11) is 0. The summed E-state index contributed by atoms with van der Waals surface area (Å²) in [6.45, 7) is 3.69. The van der Waals surface area contributed by atoms with Crippen molar-refractivity contribution in [2.75, 3.05) is 6.54 Å². The van der Waals surface area contributed by atoms with Crippen molar-refractivity contribution >= 4 is 28.0 Å². The number of nitrogens with one attached hydrogen (secondary N) is 1. The molecule has 126 valence electrons. The molecular weight excluding hydrogens is 310 g/mol. The molecule has 7 nitrogen and oxygen atoms in total. The zero-order valence-electron chi connectivity index (χ0n) is 13.5. The number of fused-ring (bicyclic) bond motifs is 3. The van der Waals surface area contributed by atoms with Gasteiger partial charge in [-0.2, -0.15) is 0 Å². The predicted octanol–water partition coefficient (Wildman–Crippen LogP) is 1.28. The van der Waals surface area contributed by atoms with Gasteiger partial charge in [0.15, 0.2) is 0 Å². The molecule has 0 spiro atoms. The van der Waals surface area contributed by atoms with E-state index < -0.39 is 11.7 Å². The second-order valence-electron chi connectivity index (χ2n) is 6.07. The molecule has 3 aromatic rings. The molecule has 2 N–H and O–H groups in total. The van der Waals surface area contributed by atoms with Gasteiger partial charge in [-0.25, -0.2) is 4.98 Å². The fraction of sp³-hybridized carbons (Fsp3) is 0.353. The average Bonchev–Trinajstić information content (AvgIpc) is 2.94. The van der Waals surface area contributed by atoms with E-state index in [1.807, 2.05) is 32.0 Å². The van der Waals surface area contributed by atoms with Crippen molar-refractivity contribution in [3.63, 3.8) is 0 Å². The number of carbonyl (C=O) groups excluding carboxylic acids is 1. The first kappa shape index (κ1) is 16.2. The number of hydrogen-bond acceptors (Lipinski definition) is 5. The molecule has 7 heteroatoms. The van der Waals surface area contributed by atoms with Gasteiger partial charge in [0.2, 0.25) is 11.5 Å². The fourth-order valence-electron chi connectivity index (χ4n) is 2.39. The van der Waals surface area contributed by atoms with Gasteiger partial charge in [0.1, 0.15) is 17.6 Å². The van der Waals surface area contributed by atoms with Crippen LogP contribution in [0.15, 0.2) is 39.8 Å². The molecule has 0 saturated carbocycles. The number of para-hydroxylation sites is 1. The van der Waals surface area contributed by atoms with E-state index in [4.69, 9.17) is 4.42 Å². The first-order chi connectivity index (χ1) is 11.5. The lowest BCUT2D eigenvalue weighted by atomic mass is 10.1. The number of amides is 1. The zero-order valence-corrected chi connectivity index (χ0v) is 13.5. The Labute approximate surface area is 137 Å². The molecule has 1 amide bonds. The van der Waals surface area contributed by atoms with Crippen LogP contribution in [0.3, 0.4) is 0 Å². The molecule has 2 heterocycles. The van der Waals surface area contributed by atoms with Crippen molar-refractivity contribution in [2.24, 2.45) is 5.92 Å². The van der Waals surface area contributed by atoms with E-state index in [0.29, 0.717) is 11.1 Å². The number of aliphatic hydroxyl groups is 1. The number of furan rings is 1. The molecule has 0 fully saturated rings. The highest BCUT2D eigenvalue weighted by Gasteiger charge is 2.15. The summed E-state index contributed by atoms with van der Waals surface area (Å²) in [5.41, 5.74) is 0.798. The summed E-state index contributed by atoms with van der Waals surface area (Å²) in [5, 5.41) is 13.1. The minimum Gasteiger partial charge on any atom is -0.448 e. The number of rotatable bonds is 5. The van der Waals surface area contributed by atoms with Crippen molar-refractivity contribution in [1.29, 1.82) is 0 Å². The molecule has 3 rings (SSSR count). The molecule has 1 atom stereocenters. The highest BCUT2D eigenvalue weighted by atomic mass is 16.3. The summed E-state index contributed by atoms with van der Waals surface area (Å²) in [5.74, 6) is -0.323. The molecule has 1 unspecified atom stereocenters. The topological polar surface area (TPSA) is 97.4 Å². The second-order valence-corrected chi connectivity index (χ2v) is 6.07. The van der Waals surface area contributed by atoms with Crippen molar-refractivity contribution < 1.29 is 14.3 Å². The van der Waals surface area contributed by atoms with E-state index in [9.17, 15) is 14.7 Å². The first-order valence-corrected chi connectivity index (χ1v) is 7.79.